The van der Waals surface area contributed by atoms with Crippen LogP contribution in [0.25, 0.3) is 0 Å². The summed E-state index contributed by atoms with van der Waals surface area (Å²) in [5.41, 5.74) is -0.143. The summed E-state index contributed by atoms with van der Waals surface area (Å²) in [4.78, 5) is 30.2. The highest BCUT2D eigenvalue weighted by Crippen LogP contribution is 2.31. The number of hydroxylamine groups is 2. The topological polar surface area (TPSA) is 83.9 Å². The van der Waals surface area contributed by atoms with E-state index in [1.807, 2.05) is 6.92 Å². The molecule has 1 amide bonds. The summed E-state index contributed by atoms with van der Waals surface area (Å²) in [6, 6.07) is 2.18. The number of anilines is 2. The van der Waals surface area contributed by atoms with Crippen LogP contribution in [0.1, 0.15) is 19.8 Å². The molecule has 0 unspecified atom stereocenters. The number of hydrogen-bond acceptors (Lipinski definition) is 8. The highest BCUT2D eigenvalue weighted by atomic mass is 19.1. The Labute approximate surface area is 173 Å². The molecule has 0 spiro atoms. The van der Waals surface area contributed by atoms with Crippen LogP contribution in [0.2, 0.25) is 0 Å². The fourth-order valence-corrected chi connectivity index (χ4v) is 3.21. The summed E-state index contributed by atoms with van der Waals surface area (Å²) in [5, 5.41) is 10.7. The van der Waals surface area contributed by atoms with Gasteiger partial charge in [0, 0.05) is 31.8 Å². The van der Waals surface area contributed by atoms with E-state index in [0.717, 1.165) is 29.9 Å². The number of carbonyl (C=O) groups is 1. The molecule has 11 heteroatoms. The normalized spacial score (nSPS) is 20.5. The number of cyclic esters (lactones) is 1. The molecule has 1 atom stereocenters. The highest BCUT2D eigenvalue weighted by molar-refractivity contribution is 5.90. The van der Waals surface area contributed by atoms with Gasteiger partial charge in [-0.2, -0.15) is 5.06 Å². The van der Waals surface area contributed by atoms with Crippen molar-refractivity contribution in [3.63, 3.8) is 0 Å². The van der Waals surface area contributed by atoms with Crippen molar-refractivity contribution in [3.8, 4) is 0 Å². The predicted octanol–water partition coefficient (Wildman–Crippen LogP) is 2.04. The Kier molecular flexibility index (Phi) is 8.16. The van der Waals surface area contributed by atoms with Gasteiger partial charge in [0.05, 0.1) is 32.1 Å². The number of rotatable bonds is 9. The highest BCUT2D eigenvalue weighted by Gasteiger charge is 2.33. The third-order valence-corrected chi connectivity index (χ3v) is 4.82. The zero-order chi connectivity index (χ0) is 21.5. The van der Waals surface area contributed by atoms with Crippen LogP contribution in [0.4, 0.5) is 25.0 Å². The lowest BCUT2D eigenvalue weighted by Crippen LogP contribution is -2.33. The molecular weight excluding hydrogens is 404 g/mol. The van der Waals surface area contributed by atoms with Gasteiger partial charge in [-0.15, -0.1) is 0 Å². The molecule has 2 heterocycles. The van der Waals surface area contributed by atoms with Crippen LogP contribution < -0.4 is 9.80 Å². The van der Waals surface area contributed by atoms with Crippen LogP contribution >= 0.6 is 0 Å². The standard InChI is InChI=1S/C19H27F2N3O6/c1-2-3-7-28-29-13-23-5-4-22(6-8-27-23)18-16(20)9-14(10-17(18)21)24-11-15(12-25)30-19(24)26/h9-10,15,25H,2-8,11-13H2,1H3/t15-/m1/s1. The van der Waals surface area contributed by atoms with Gasteiger partial charge in [-0.25, -0.2) is 23.4 Å². The molecule has 0 aromatic heterocycles. The first kappa shape index (κ1) is 22.6. The Hall–Kier alpha value is -2.05. The smallest absolute Gasteiger partial charge is 0.414 e. The molecule has 2 fully saturated rings. The fourth-order valence-electron chi connectivity index (χ4n) is 3.21. The van der Waals surface area contributed by atoms with Crippen molar-refractivity contribution in [3.05, 3.63) is 23.8 Å². The molecule has 0 saturated carbocycles. The number of benzene rings is 1. The lowest BCUT2D eigenvalue weighted by Gasteiger charge is -2.24. The number of hydrogen-bond donors (Lipinski definition) is 1. The van der Waals surface area contributed by atoms with E-state index in [1.165, 1.54) is 5.06 Å². The van der Waals surface area contributed by atoms with Crippen LogP contribution in [-0.4, -0.2) is 75.1 Å². The van der Waals surface area contributed by atoms with Crippen LogP contribution in [0.5, 0.6) is 0 Å². The molecular formula is C19H27F2N3O6. The van der Waals surface area contributed by atoms with Gasteiger partial charge in [-0.1, -0.05) is 13.3 Å². The molecule has 2 aliphatic rings. The zero-order valence-corrected chi connectivity index (χ0v) is 16.9. The summed E-state index contributed by atoms with van der Waals surface area (Å²) in [6.45, 7) is 3.45. The van der Waals surface area contributed by atoms with Crippen molar-refractivity contribution in [2.75, 3.05) is 62.5 Å². The minimum atomic E-state index is -0.794. The maximum atomic E-state index is 14.8. The van der Waals surface area contributed by atoms with Gasteiger partial charge >= 0.3 is 6.09 Å². The van der Waals surface area contributed by atoms with Gasteiger partial charge in [0.25, 0.3) is 0 Å². The van der Waals surface area contributed by atoms with Crippen molar-refractivity contribution in [1.29, 1.82) is 0 Å². The van der Waals surface area contributed by atoms with E-state index in [-0.39, 0.29) is 44.4 Å². The van der Waals surface area contributed by atoms with Crippen LogP contribution in [0, 0.1) is 11.6 Å². The van der Waals surface area contributed by atoms with Gasteiger partial charge in [-0.3, -0.25) is 9.74 Å². The van der Waals surface area contributed by atoms with Crippen molar-refractivity contribution in [1.82, 2.24) is 5.06 Å². The third-order valence-electron chi connectivity index (χ3n) is 4.82. The van der Waals surface area contributed by atoms with Crippen LogP contribution in [0.15, 0.2) is 12.1 Å². The molecule has 2 saturated heterocycles. The number of aliphatic hydroxyl groups is 1. The minimum absolute atomic E-state index is 0.0282. The van der Waals surface area contributed by atoms with Crippen molar-refractivity contribution < 1.29 is 38.0 Å². The van der Waals surface area contributed by atoms with Crippen molar-refractivity contribution in [2.45, 2.75) is 25.9 Å². The van der Waals surface area contributed by atoms with Gasteiger partial charge in [0.2, 0.25) is 0 Å². The first-order chi connectivity index (χ1) is 14.5. The molecule has 30 heavy (non-hydrogen) atoms. The summed E-state index contributed by atoms with van der Waals surface area (Å²) >= 11 is 0. The Balaban J connectivity index is 1.61. The lowest BCUT2D eigenvalue weighted by atomic mass is 10.2. The second-order valence-corrected chi connectivity index (χ2v) is 7.01. The summed E-state index contributed by atoms with van der Waals surface area (Å²) in [5.74, 6) is -1.59. The quantitative estimate of drug-likeness (QED) is 0.361. The largest absolute Gasteiger partial charge is 0.441 e. The number of amides is 1. The predicted molar refractivity (Wildman–Crippen MR) is 103 cm³/mol. The van der Waals surface area contributed by atoms with Crippen molar-refractivity contribution >= 4 is 17.5 Å². The molecule has 0 radical (unpaired) electrons. The average Bonchev–Trinajstić information content (AvgIpc) is 2.95. The molecule has 1 N–H and O–H groups in total. The first-order valence-corrected chi connectivity index (χ1v) is 9.98. The number of ether oxygens (including phenoxy) is 1. The first-order valence-electron chi connectivity index (χ1n) is 9.98. The van der Waals surface area contributed by atoms with Gasteiger partial charge < -0.3 is 14.7 Å². The van der Waals surface area contributed by atoms with Gasteiger partial charge in [-0.05, 0) is 6.42 Å². The Morgan fingerprint density at radius 1 is 1.20 bits per heavy atom. The Morgan fingerprint density at radius 3 is 2.63 bits per heavy atom. The van der Waals surface area contributed by atoms with E-state index in [2.05, 4.69) is 0 Å². The van der Waals surface area contributed by atoms with E-state index < -0.39 is 23.8 Å². The van der Waals surface area contributed by atoms with Gasteiger partial charge in [0.15, 0.2) is 18.4 Å². The van der Waals surface area contributed by atoms with E-state index in [4.69, 9.17) is 24.5 Å². The Morgan fingerprint density at radius 2 is 1.97 bits per heavy atom. The number of nitrogens with zero attached hydrogens (tertiary/aromatic N) is 3. The molecule has 9 nitrogen and oxygen atoms in total. The summed E-state index contributed by atoms with van der Waals surface area (Å²) in [6.07, 6.45) is 0.416. The molecule has 0 aliphatic carbocycles. The fraction of sp³-hybridized carbons (Fsp3) is 0.632. The maximum absolute atomic E-state index is 14.8. The summed E-state index contributed by atoms with van der Waals surface area (Å²) < 4.78 is 34.5. The molecule has 0 bridgehead atoms. The third kappa shape index (κ3) is 5.55. The average molecular weight is 431 g/mol. The number of unbranched alkanes of at least 4 members (excludes halogenated alkanes) is 1. The molecule has 3 rings (SSSR count). The molecule has 168 valence electrons. The van der Waals surface area contributed by atoms with E-state index in [9.17, 15) is 13.6 Å². The SMILES string of the molecule is CCCCOOCN1CCN(c2c(F)cc(N3C[C@H](CO)OC3=O)cc2F)CCO1. The zero-order valence-electron chi connectivity index (χ0n) is 16.9. The molecule has 1 aromatic carbocycles. The van der Waals surface area contributed by atoms with Crippen LogP contribution in [-0.2, 0) is 19.3 Å². The summed E-state index contributed by atoms with van der Waals surface area (Å²) in [7, 11) is 0. The number of carbonyl (C=O) groups excluding carboxylic acids is 1. The van der Waals surface area contributed by atoms with E-state index >= 15 is 0 Å². The Bertz CT molecular complexity index is 703. The lowest BCUT2D eigenvalue weighted by molar-refractivity contribution is -0.352. The second-order valence-electron chi connectivity index (χ2n) is 7.01. The maximum Gasteiger partial charge on any atom is 0.414 e. The second kappa shape index (κ2) is 10.8. The van der Waals surface area contributed by atoms with E-state index in [0.29, 0.717) is 19.7 Å². The van der Waals surface area contributed by atoms with Crippen LogP contribution in [0.3, 0.4) is 0 Å². The minimum Gasteiger partial charge on any atom is -0.441 e. The molecule has 1 aromatic rings. The van der Waals surface area contributed by atoms with Crippen molar-refractivity contribution in [2.24, 2.45) is 0 Å². The number of aliphatic hydroxyl groups excluding tert-OH is 1. The van der Waals surface area contributed by atoms with E-state index in [1.54, 1.807) is 4.90 Å². The monoisotopic (exact) mass is 431 g/mol. The number of halogens is 2. The molecule has 2 aliphatic heterocycles. The van der Waals surface area contributed by atoms with Gasteiger partial charge in [0.1, 0.15) is 11.8 Å².